The lowest BCUT2D eigenvalue weighted by molar-refractivity contribution is -0.598. The number of thiophene rings is 1. The van der Waals surface area contributed by atoms with Crippen molar-refractivity contribution in [3.05, 3.63) is 111 Å². The van der Waals surface area contributed by atoms with Gasteiger partial charge >= 0.3 is 5.97 Å². The van der Waals surface area contributed by atoms with Crippen LogP contribution in [-0.4, -0.2) is 18.4 Å². The highest BCUT2D eigenvalue weighted by Gasteiger charge is 2.31. The fraction of sp³-hybridized carbons (Fsp3) is 0.179. The molecule has 0 fully saturated rings. The number of carbonyl (C=O) groups is 2. The maximum absolute atomic E-state index is 13.6. The average Bonchev–Trinajstić information content (AvgIpc) is 3.22. The van der Waals surface area contributed by atoms with Gasteiger partial charge in [-0.15, -0.1) is 23.1 Å². The SMILES string of the molecule is CCOC(=O)Cc1c(C(=O)c2ccc(Cl)cc2)sc(SCc2ccc(C)cc2)c1-[n+]1ccccc1. The molecule has 2 aromatic carbocycles. The maximum Gasteiger partial charge on any atom is 0.310 e. The normalized spacial score (nSPS) is 10.8. The van der Waals surface area contributed by atoms with Crippen LogP contribution in [0.3, 0.4) is 0 Å². The number of aromatic nitrogens is 1. The van der Waals surface area contributed by atoms with Crippen molar-refractivity contribution >= 4 is 46.5 Å². The Labute approximate surface area is 218 Å². The van der Waals surface area contributed by atoms with Crippen LogP contribution in [-0.2, 0) is 21.7 Å². The Hall–Kier alpha value is -2.93. The largest absolute Gasteiger partial charge is 0.466 e. The van der Waals surface area contributed by atoms with Gasteiger partial charge in [-0.25, -0.2) is 0 Å². The summed E-state index contributed by atoms with van der Waals surface area (Å²) in [5.41, 5.74) is 4.45. The first-order valence-corrected chi connectivity index (χ1v) is 13.4. The van der Waals surface area contributed by atoms with Crippen molar-refractivity contribution in [2.45, 2.75) is 30.2 Å². The number of nitrogens with zero attached hydrogens (tertiary/aromatic N) is 1. The first kappa shape index (κ1) is 25.2. The number of esters is 1. The van der Waals surface area contributed by atoms with Crippen molar-refractivity contribution in [2.24, 2.45) is 0 Å². The minimum atomic E-state index is -0.358. The van der Waals surface area contributed by atoms with Crippen LogP contribution in [0.2, 0.25) is 5.02 Å². The van der Waals surface area contributed by atoms with Crippen LogP contribution in [0.4, 0.5) is 0 Å². The number of aryl methyl sites for hydroxylation is 1. The zero-order valence-corrected chi connectivity index (χ0v) is 21.9. The van der Waals surface area contributed by atoms with E-state index in [0.29, 0.717) is 21.0 Å². The monoisotopic (exact) mass is 522 g/mol. The molecule has 0 amide bonds. The van der Waals surface area contributed by atoms with Crippen LogP contribution in [0.1, 0.15) is 38.8 Å². The molecule has 7 heteroatoms. The Morgan fingerprint density at radius 3 is 2.34 bits per heavy atom. The van der Waals surface area contributed by atoms with Crippen molar-refractivity contribution in [1.29, 1.82) is 0 Å². The zero-order chi connectivity index (χ0) is 24.8. The van der Waals surface area contributed by atoms with E-state index in [1.165, 1.54) is 22.5 Å². The number of ketones is 1. The molecule has 0 aliphatic carbocycles. The van der Waals surface area contributed by atoms with E-state index in [0.717, 1.165) is 15.6 Å². The number of halogens is 1. The third-order valence-corrected chi connectivity index (χ3v) is 8.15. The average molecular weight is 523 g/mol. The third kappa shape index (κ3) is 6.20. The highest BCUT2D eigenvalue weighted by molar-refractivity contribution is 8.00. The molecule has 0 unspecified atom stereocenters. The Bertz CT molecular complexity index is 1320. The predicted octanol–water partition coefficient (Wildman–Crippen LogP) is 6.62. The molecule has 0 saturated carbocycles. The third-order valence-electron chi connectivity index (χ3n) is 5.35. The lowest BCUT2D eigenvalue weighted by Gasteiger charge is -2.06. The summed E-state index contributed by atoms with van der Waals surface area (Å²) in [6.45, 7) is 4.13. The van der Waals surface area contributed by atoms with Crippen molar-refractivity contribution in [3.8, 4) is 5.69 Å². The van der Waals surface area contributed by atoms with E-state index < -0.39 is 0 Å². The molecule has 178 valence electrons. The molecule has 0 radical (unpaired) electrons. The van der Waals surface area contributed by atoms with Gasteiger partial charge in [-0.05, 0) is 43.7 Å². The summed E-state index contributed by atoms with van der Waals surface area (Å²) >= 11 is 9.13. The van der Waals surface area contributed by atoms with E-state index in [1.54, 1.807) is 43.0 Å². The summed E-state index contributed by atoms with van der Waals surface area (Å²) in [5, 5.41) is 0.564. The van der Waals surface area contributed by atoms with Gasteiger partial charge < -0.3 is 4.74 Å². The van der Waals surface area contributed by atoms with Gasteiger partial charge in [0, 0.05) is 28.5 Å². The van der Waals surface area contributed by atoms with Crippen LogP contribution in [0.25, 0.3) is 5.69 Å². The predicted molar refractivity (Wildman–Crippen MR) is 142 cm³/mol. The molecular formula is C28H25ClNO3S2+. The second-order valence-corrected chi connectivity index (χ2v) is 10.6. The van der Waals surface area contributed by atoms with E-state index in [2.05, 4.69) is 31.2 Å². The topological polar surface area (TPSA) is 47.3 Å². The molecule has 0 aliphatic rings. The van der Waals surface area contributed by atoms with Crippen LogP contribution in [0.15, 0.2) is 83.3 Å². The Morgan fingerprint density at radius 1 is 1.00 bits per heavy atom. The molecule has 0 spiro atoms. The second-order valence-electron chi connectivity index (χ2n) is 7.92. The number of carbonyl (C=O) groups excluding carboxylic acids is 2. The molecule has 0 N–H and O–H groups in total. The number of benzene rings is 2. The van der Waals surface area contributed by atoms with Gasteiger partial charge in [0.25, 0.3) is 0 Å². The van der Waals surface area contributed by atoms with Crippen molar-refractivity contribution < 1.29 is 18.9 Å². The lowest BCUT2D eigenvalue weighted by Crippen LogP contribution is -2.31. The van der Waals surface area contributed by atoms with Crippen LogP contribution >= 0.6 is 34.7 Å². The molecule has 2 heterocycles. The van der Waals surface area contributed by atoms with E-state index >= 15 is 0 Å². The van der Waals surface area contributed by atoms with Gasteiger partial charge in [0.15, 0.2) is 12.4 Å². The Morgan fingerprint density at radius 2 is 1.69 bits per heavy atom. The highest BCUT2D eigenvalue weighted by Crippen LogP contribution is 2.39. The molecule has 0 saturated heterocycles. The fourth-order valence-corrected chi connectivity index (χ4v) is 6.27. The molecule has 2 aromatic heterocycles. The van der Waals surface area contributed by atoms with Crippen molar-refractivity contribution in [1.82, 2.24) is 0 Å². The van der Waals surface area contributed by atoms with E-state index in [9.17, 15) is 9.59 Å². The Kier molecular flexibility index (Phi) is 8.39. The lowest BCUT2D eigenvalue weighted by atomic mass is 10.0. The van der Waals surface area contributed by atoms with Crippen LogP contribution in [0.5, 0.6) is 0 Å². The number of hydrogen-bond acceptors (Lipinski definition) is 5. The van der Waals surface area contributed by atoms with Crippen LogP contribution < -0.4 is 4.57 Å². The number of ether oxygens (including phenoxy) is 1. The van der Waals surface area contributed by atoms with Crippen molar-refractivity contribution in [3.63, 3.8) is 0 Å². The van der Waals surface area contributed by atoms with Crippen LogP contribution in [0, 0.1) is 6.92 Å². The zero-order valence-electron chi connectivity index (χ0n) is 19.5. The van der Waals surface area contributed by atoms with Gasteiger partial charge in [0.05, 0.1) is 23.5 Å². The molecule has 35 heavy (non-hydrogen) atoms. The van der Waals surface area contributed by atoms with Gasteiger partial charge in [-0.3, -0.25) is 9.59 Å². The fourth-order valence-electron chi connectivity index (χ4n) is 3.61. The van der Waals surface area contributed by atoms with Gasteiger partial charge in [-0.1, -0.05) is 47.5 Å². The quantitative estimate of drug-likeness (QED) is 0.107. The molecule has 0 bridgehead atoms. The van der Waals surface area contributed by atoms with E-state index in [4.69, 9.17) is 16.3 Å². The summed E-state index contributed by atoms with van der Waals surface area (Å²) in [5.74, 6) is 0.253. The summed E-state index contributed by atoms with van der Waals surface area (Å²) in [4.78, 5) is 26.8. The Balaban J connectivity index is 1.81. The summed E-state index contributed by atoms with van der Waals surface area (Å²) in [6.07, 6.45) is 3.88. The number of thioether (sulfide) groups is 1. The maximum atomic E-state index is 13.6. The highest BCUT2D eigenvalue weighted by atomic mass is 35.5. The molecule has 0 atom stereocenters. The minimum absolute atomic E-state index is 0.0152. The van der Waals surface area contributed by atoms with Gasteiger partial charge in [-0.2, -0.15) is 4.57 Å². The molecule has 4 rings (SSSR count). The molecule has 4 nitrogen and oxygen atoms in total. The first-order chi connectivity index (χ1) is 17.0. The second kappa shape index (κ2) is 11.7. The molecule has 0 aliphatic heterocycles. The van der Waals surface area contributed by atoms with Gasteiger partial charge in [0.1, 0.15) is 4.21 Å². The number of pyridine rings is 1. The summed E-state index contributed by atoms with van der Waals surface area (Å²) < 4.78 is 8.21. The van der Waals surface area contributed by atoms with Crippen molar-refractivity contribution in [2.75, 3.05) is 6.61 Å². The van der Waals surface area contributed by atoms with E-state index in [1.807, 2.05) is 35.2 Å². The molecular weight excluding hydrogens is 498 g/mol. The first-order valence-electron chi connectivity index (χ1n) is 11.2. The van der Waals surface area contributed by atoms with E-state index in [-0.39, 0.29) is 24.8 Å². The standard InChI is InChI=1S/C28H25ClNO3S2/c1-3-33-24(31)17-23-25(30-15-5-4-6-16-30)28(34-18-20-9-7-19(2)8-10-20)35-27(23)26(32)21-11-13-22(29)14-12-21/h4-16H,3,17-18H2,1-2H3/q+1. The smallest absolute Gasteiger partial charge is 0.310 e. The summed E-state index contributed by atoms with van der Waals surface area (Å²) in [7, 11) is 0. The minimum Gasteiger partial charge on any atom is -0.466 e. The number of hydrogen-bond donors (Lipinski definition) is 0. The summed E-state index contributed by atoms with van der Waals surface area (Å²) in [6, 6.07) is 21.1. The number of rotatable bonds is 9. The molecule has 4 aromatic rings. The van der Waals surface area contributed by atoms with Gasteiger partial charge in [0.2, 0.25) is 11.5 Å².